The molecule has 10 aromatic carbocycles. The van der Waals surface area contributed by atoms with Crippen LogP contribution < -0.4 is 0 Å². The van der Waals surface area contributed by atoms with Gasteiger partial charge >= 0.3 is 0 Å². The molecule has 0 saturated heterocycles. The van der Waals surface area contributed by atoms with Gasteiger partial charge in [-0.05, 0) is 89.3 Å². The van der Waals surface area contributed by atoms with E-state index in [1.165, 1.54) is 71.8 Å². The minimum Gasteiger partial charge on any atom is -0.228 e. The van der Waals surface area contributed by atoms with Gasteiger partial charge in [-0.25, -0.2) is 9.97 Å². The van der Waals surface area contributed by atoms with E-state index in [0.717, 1.165) is 33.5 Å². The predicted molar refractivity (Wildman–Crippen MR) is 262 cm³/mol. The van der Waals surface area contributed by atoms with Gasteiger partial charge < -0.3 is 0 Å². The standard InChI is InChI=1S/C61H40N2/c1-5-17-41(18-6-1)42-29-31-44(32-30-42)57-40-58(63-60(62-57)45-20-7-2-8-21-45)53-37-36-49(51-27-15-16-28-52(51)53)46-34-38-56-55(39-46)54-35-33-43-19-13-14-26-50(43)59(54)61(56,47-22-9-3-10-23-47)48-24-11-4-12-25-48/h1-40H. The van der Waals surface area contributed by atoms with Crippen LogP contribution in [0.2, 0.25) is 0 Å². The summed E-state index contributed by atoms with van der Waals surface area (Å²) in [6.45, 7) is 0. The molecule has 63 heavy (non-hydrogen) atoms. The highest BCUT2D eigenvalue weighted by molar-refractivity contribution is 6.06. The van der Waals surface area contributed by atoms with Crippen molar-refractivity contribution in [1.82, 2.24) is 9.97 Å². The lowest BCUT2D eigenvalue weighted by Crippen LogP contribution is -2.28. The third-order valence-electron chi connectivity index (χ3n) is 13.0. The Bertz CT molecular complexity index is 3430. The molecule has 12 rings (SSSR count). The van der Waals surface area contributed by atoms with E-state index in [2.05, 4.69) is 224 Å². The Morgan fingerprint density at radius 1 is 0.286 bits per heavy atom. The maximum absolute atomic E-state index is 5.28. The Kier molecular flexibility index (Phi) is 8.76. The Labute approximate surface area is 367 Å². The lowest BCUT2D eigenvalue weighted by molar-refractivity contribution is 0.775. The van der Waals surface area contributed by atoms with E-state index < -0.39 is 5.41 Å². The van der Waals surface area contributed by atoms with Crippen LogP contribution in [-0.2, 0) is 5.41 Å². The first-order chi connectivity index (χ1) is 31.2. The van der Waals surface area contributed by atoms with Gasteiger partial charge in [0.2, 0.25) is 0 Å². The molecule has 2 heteroatoms. The summed E-state index contributed by atoms with van der Waals surface area (Å²) in [5.74, 6) is 0.702. The third-order valence-corrected chi connectivity index (χ3v) is 13.0. The molecule has 0 atom stereocenters. The monoisotopic (exact) mass is 800 g/mol. The molecule has 0 aliphatic heterocycles. The summed E-state index contributed by atoms with van der Waals surface area (Å²) in [6, 6.07) is 87.8. The molecule has 294 valence electrons. The van der Waals surface area contributed by atoms with E-state index in [1.807, 2.05) is 18.2 Å². The highest BCUT2D eigenvalue weighted by Gasteiger charge is 2.47. The summed E-state index contributed by atoms with van der Waals surface area (Å²) in [5, 5.41) is 4.85. The number of fused-ring (bicyclic) bond motifs is 6. The average molecular weight is 801 g/mol. The Hall–Kier alpha value is -8.20. The quantitative estimate of drug-likeness (QED) is 0.160. The van der Waals surface area contributed by atoms with E-state index >= 15 is 0 Å². The van der Waals surface area contributed by atoms with Crippen LogP contribution in [0.15, 0.2) is 243 Å². The van der Waals surface area contributed by atoms with Gasteiger partial charge in [-0.2, -0.15) is 0 Å². The Morgan fingerprint density at radius 2 is 0.778 bits per heavy atom. The number of rotatable bonds is 7. The zero-order chi connectivity index (χ0) is 41.7. The molecule has 2 nitrogen and oxygen atoms in total. The molecule has 1 aromatic heterocycles. The SMILES string of the molecule is c1ccc(-c2ccc(-c3cc(-c4ccc(-c5ccc6c(c5)-c5ccc7ccccc7c5C6(c5ccccc5)c5ccccc5)c5ccccc45)nc(-c4ccccc4)n3)cc2)cc1. The molecule has 0 unspecified atom stereocenters. The molecular formula is C61H40N2. The fourth-order valence-electron chi connectivity index (χ4n) is 10.1. The molecule has 0 N–H and O–H groups in total. The number of hydrogen-bond donors (Lipinski definition) is 0. The molecule has 0 fully saturated rings. The van der Waals surface area contributed by atoms with Crippen molar-refractivity contribution in [2.45, 2.75) is 5.41 Å². The van der Waals surface area contributed by atoms with Crippen molar-refractivity contribution in [1.29, 1.82) is 0 Å². The predicted octanol–water partition coefficient (Wildman–Crippen LogP) is 15.5. The van der Waals surface area contributed by atoms with Crippen molar-refractivity contribution in [3.63, 3.8) is 0 Å². The summed E-state index contributed by atoms with van der Waals surface area (Å²) in [6.07, 6.45) is 0. The zero-order valence-corrected chi connectivity index (χ0v) is 34.5. The molecule has 11 aromatic rings. The number of hydrogen-bond acceptors (Lipinski definition) is 2. The van der Waals surface area contributed by atoms with Crippen molar-refractivity contribution in [2.75, 3.05) is 0 Å². The average Bonchev–Trinajstić information content (AvgIpc) is 3.68. The van der Waals surface area contributed by atoms with Gasteiger partial charge in [-0.15, -0.1) is 0 Å². The molecule has 1 aliphatic rings. The third kappa shape index (κ3) is 6.02. The largest absolute Gasteiger partial charge is 0.228 e. The lowest BCUT2D eigenvalue weighted by Gasteiger charge is -2.34. The molecule has 0 bridgehead atoms. The van der Waals surface area contributed by atoms with Crippen molar-refractivity contribution >= 4 is 21.5 Å². The van der Waals surface area contributed by atoms with Crippen LogP contribution in [0.3, 0.4) is 0 Å². The summed E-state index contributed by atoms with van der Waals surface area (Å²) < 4.78 is 0. The molecule has 1 heterocycles. The highest BCUT2D eigenvalue weighted by Crippen LogP contribution is 2.58. The van der Waals surface area contributed by atoms with Crippen LogP contribution >= 0.6 is 0 Å². The van der Waals surface area contributed by atoms with Gasteiger partial charge in [0.1, 0.15) is 0 Å². The highest BCUT2D eigenvalue weighted by atomic mass is 14.9. The van der Waals surface area contributed by atoms with Crippen LogP contribution in [0.5, 0.6) is 0 Å². The van der Waals surface area contributed by atoms with E-state index in [1.54, 1.807) is 0 Å². The van der Waals surface area contributed by atoms with Gasteiger partial charge in [0, 0.05) is 16.7 Å². The summed E-state index contributed by atoms with van der Waals surface area (Å²) in [4.78, 5) is 10.4. The first kappa shape index (κ1) is 36.6. The van der Waals surface area contributed by atoms with Crippen LogP contribution in [0.4, 0.5) is 0 Å². The smallest absolute Gasteiger partial charge is 0.160 e. The van der Waals surface area contributed by atoms with Crippen LogP contribution in [0.1, 0.15) is 22.3 Å². The van der Waals surface area contributed by atoms with Gasteiger partial charge in [-0.3, -0.25) is 0 Å². The van der Waals surface area contributed by atoms with Crippen LogP contribution in [-0.4, -0.2) is 9.97 Å². The summed E-state index contributed by atoms with van der Waals surface area (Å²) >= 11 is 0. The second-order valence-electron chi connectivity index (χ2n) is 16.4. The fraction of sp³-hybridized carbons (Fsp3) is 0.0164. The van der Waals surface area contributed by atoms with Crippen LogP contribution in [0.25, 0.3) is 88.8 Å². The summed E-state index contributed by atoms with van der Waals surface area (Å²) in [5.41, 5.74) is 16.8. The number of benzene rings is 10. The van der Waals surface area contributed by atoms with E-state index in [0.29, 0.717) is 5.82 Å². The van der Waals surface area contributed by atoms with Gasteiger partial charge in [-0.1, -0.05) is 231 Å². The maximum Gasteiger partial charge on any atom is 0.160 e. The lowest BCUT2D eigenvalue weighted by atomic mass is 9.66. The van der Waals surface area contributed by atoms with Crippen molar-refractivity contribution in [3.05, 3.63) is 265 Å². The molecule has 0 radical (unpaired) electrons. The minimum absolute atomic E-state index is 0.498. The van der Waals surface area contributed by atoms with Crippen LogP contribution in [0, 0.1) is 0 Å². The Morgan fingerprint density at radius 3 is 1.46 bits per heavy atom. The van der Waals surface area contributed by atoms with Gasteiger partial charge in [0.15, 0.2) is 5.82 Å². The zero-order valence-electron chi connectivity index (χ0n) is 34.5. The first-order valence-electron chi connectivity index (χ1n) is 21.6. The Balaban J connectivity index is 1.03. The second-order valence-corrected chi connectivity index (χ2v) is 16.4. The number of aromatic nitrogens is 2. The minimum atomic E-state index is -0.498. The molecule has 1 aliphatic carbocycles. The first-order valence-corrected chi connectivity index (χ1v) is 21.6. The van der Waals surface area contributed by atoms with Crippen molar-refractivity contribution in [2.24, 2.45) is 0 Å². The normalized spacial score (nSPS) is 12.6. The van der Waals surface area contributed by atoms with Crippen molar-refractivity contribution < 1.29 is 0 Å². The second kappa shape index (κ2) is 15.1. The molecular weight excluding hydrogens is 761 g/mol. The van der Waals surface area contributed by atoms with E-state index in [4.69, 9.17) is 9.97 Å². The van der Waals surface area contributed by atoms with Gasteiger partial charge in [0.25, 0.3) is 0 Å². The maximum atomic E-state index is 5.28. The number of nitrogens with zero attached hydrogens (tertiary/aromatic N) is 2. The molecule has 0 amide bonds. The molecule has 0 saturated carbocycles. The topological polar surface area (TPSA) is 25.8 Å². The fourth-order valence-corrected chi connectivity index (χ4v) is 10.1. The van der Waals surface area contributed by atoms with E-state index in [9.17, 15) is 0 Å². The van der Waals surface area contributed by atoms with Crippen molar-refractivity contribution in [3.8, 4) is 67.3 Å². The summed E-state index contributed by atoms with van der Waals surface area (Å²) in [7, 11) is 0. The van der Waals surface area contributed by atoms with Gasteiger partial charge in [0.05, 0.1) is 16.8 Å². The van der Waals surface area contributed by atoms with E-state index in [-0.39, 0.29) is 0 Å². The molecule has 0 spiro atoms.